The van der Waals surface area contributed by atoms with Crippen molar-refractivity contribution < 1.29 is 9.94 Å². The number of oxime groups is 1. The number of ether oxygens (including phenoxy) is 1. The van der Waals surface area contributed by atoms with Crippen molar-refractivity contribution in [1.82, 2.24) is 4.98 Å². The molecule has 0 aliphatic rings. The molecule has 0 spiro atoms. The van der Waals surface area contributed by atoms with Gasteiger partial charge in [0.05, 0.1) is 0 Å². The first-order valence-corrected chi connectivity index (χ1v) is 6.76. The van der Waals surface area contributed by atoms with Gasteiger partial charge >= 0.3 is 0 Å². The summed E-state index contributed by atoms with van der Waals surface area (Å²) in [6.07, 6.45) is 1.61. The standard InChI is InChI=1S/C16H19N3O2/c1-11(2)13-5-3-4-6-15(13)21-10-12-7-8-18-14(9-12)16(17)19-20/h3-9,11,20H,10H2,1-2H3,(H2,17,19). The predicted octanol–water partition coefficient (Wildman–Crippen LogP) is 2.88. The molecule has 0 amide bonds. The number of rotatable bonds is 5. The molecule has 0 aliphatic carbocycles. The summed E-state index contributed by atoms with van der Waals surface area (Å²) in [4.78, 5) is 4.04. The third-order valence-corrected chi connectivity index (χ3v) is 3.13. The molecule has 21 heavy (non-hydrogen) atoms. The molecule has 1 aromatic carbocycles. The van der Waals surface area contributed by atoms with Crippen LogP contribution in [0, 0.1) is 0 Å². The molecule has 1 heterocycles. The second-order valence-corrected chi connectivity index (χ2v) is 5.02. The number of benzene rings is 1. The highest BCUT2D eigenvalue weighted by Crippen LogP contribution is 2.26. The van der Waals surface area contributed by atoms with Crippen molar-refractivity contribution in [2.45, 2.75) is 26.4 Å². The summed E-state index contributed by atoms with van der Waals surface area (Å²) in [7, 11) is 0. The normalized spacial score (nSPS) is 11.7. The lowest BCUT2D eigenvalue weighted by Crippen LogP contribution is -2.15. The van der Waals surface area contributed by atoms with Gasteiger partial charge in [-0.05, 0) is 35.2 Å². The molecule has 1 aromatic heterocycles. The van der Waals surface area contributed by atoms with Crippen LogP contribution in [0.1, 0.15) is 36.6 Å². The largest absolute Gasteiger partial charge is 0.489 e. The SMILES string of the molecule is CC(C)c1ccccc1OCc1ccnc(C(N)=NO)c1. The van der Waals surface area contributed by atoms with E-state index in [2.05, 4.69) is 30.1 Å². The Labute approximate surface area is 124 Å². The quantitative estimate of drug-likeness (QED) is 0.383. The van der Waals surface area contributed by atoms with Gasteiger partial charge in [-0.15, -0.1) is 0 Å². The molecule has 2 rings (SSSR count). The van der Waals surface area contributed by atoms with E-state index in [1.165, 1.54) is 5.56 Å². The summed E-state index contributed by atoms with van der Waals surface area (Å²) in [6.45, 7) is 4.66. The minimum absolute atomic E-state index is 0.0144. The smallest absolute Gasteiger partial charge is 0.188 e. The van der Waals surface area contributed by atoms with Crippen molar-refractivity contribution in [2.24, 2.45) is 10.9 Å². The number of nitrogens with zero attached hydrogens (tertiary/aromatic N) is 2. The summed E-state index contributed by atoms with van der Waals surface area (Å²) >= 11 is 0. The number of hydrogen-bond acceptors (Lipinski definition) is 4. The van der Waals surface area contributed by atoms with Crippen molar-refractivity contribution in [1.29, 1.82) is 0 Å². The summed E-state index contributed by atoms with van der Waals surface area (Å²) in [5.41, 5.74) is 8.03. The minimum Gasteiger partial charge on any atom is -0.489 e. The third-order valence-electron chi connectivity index (χ3n) is 3.13. The molecule has 0 radical (unpaired) electrons. The predicted molar refractivity (Wildman–Crippen MR) is 81.6 cm³/mol. The Kier molecular flexibility index (Phi) is 4.77. The van der Waals surface area contributed by atoms with E-state index in [1.807, 2.05) is 24.3 Å². The van der Waals surface area contributed by atoms with E-state index >= 15 is 0 Å². The van der Waals surface area contributed by atoms with Crippen LogP contribution in [0.2, 0.25) is 0 Å². The molecule has 0 saturated carbocycles. The van der Waals surface area contributed by atoms with Crippen LogP contribution in [-0.2, 0) is 6.61 Å². The van der Waals surface area contributed by atoms with Gasteiger partial charge in [0.2, 0.25) is 0 Å². The monoisotopic (exact) mass is 285 g/mol. The molecule has 5 nitrogen and oxygen atoms in total. The van der Waals surface area contributed by atoms with Crippen LogP contribution >= 0.6 is 0 Å². The van der Waals surface area contributed by atoms with Crippen LogP contribution in [0.25, 0.3) is 0 Å². The number of pyridine rings is 1. The van der Waals surface area contributed by atoms with Gasteiger partial charge in [-0.25, -0.2) is 0 Å². The average molecular weight is 285 g/mol. The van der Waals surface area contributed by atoms with Crippen LogP contribution < -0.4 is 10.5 Å². The van der Waals surface area contributed by atoms with Crippen molar-refractivity contribution >= 4 is 5.84 Å². The Morgan fingerprint density at radius 2 is 2.10 bits per heavy atom. The van der Waals surface area contributed by atoms with E-state index < -0.39 is 0 Å². The summed E-state index contributed by atoms with van der Waals surface area (Å²) < 4.78 is 5.88. The maximum Gasteiger partial charge on any atom is 0.188 e. The lowest BCUT2D eigenvalue weighted by atomic mass is 10.0. The summed E-state index contributed by atoms with van der Waals surface area (Å²) in [5, 5.41) is 11.6. The number of nitrogens with two attached hydrogens (primary N) is 1. The molecule has 5 heteroatoms. The van der Waals surface area contributed by atoms with Gasteiger partial charge < -0.3 is 15.7 Å². The molecular weight excluding hydrogens is 266 g/mol. The highest BCUT2D eigenvalue weighted by Gasteiger charge is 2.08. The van der Waals surface area contributed by atoms with Gasteiger partial charge in [-0.2, -0.15) is 0 Å². The Morgan fingerprint density at radius 1 is 1.33 bits per heavy atom. The lowest BCUT2D eigenvalue weighted by molar-refractivity contribution is 0.301. The molecule has 0 unspecified atom stereocenters. The molecule has 0 fully saturated rings. The Morgan fingerprint density at radius 3 is 2.81 bits per heavy atom. The van der Waals surface area contributed by atoms with Gasteiger partial charge in [-0.3, -0.25) is 4.98 Å². The molecular formula is C16H19N3O2. The number of amidine groups is 1. The zero-order chi connectivity index (χ0) is 15.2. The number of para-hydroxylation sites is 1. The first kappa shape index (κ1) is 14.8. The van der Waals surface area contributed by atoms with E-state index in [0.717, 1.165) is 11.3 Å². The molecule has 0 saturated heterocycles. The van der Waals surface area contributed by atoms with Gasteiger partial charge in [-0.1, -0.05) is 37.2 Å². The van der Waals surface area contributed by atoms with Crippen LogP contribution in [0.4, 0.5) is 0 Å². The Balaban J connectivity index is 2.14. The molecule has 0 atom stereocenters. The van der Waals surface area contributed by atoms with Gasteiger partial charge in [0, 0.05) is 6.20 Å². The molecule has 110 valence electrons. The van der Waals surface area contributed by atoms with Crippen molar-refractivity contribution in [3.05, 3.63) is 59.4 Å². The van der Waals surface area contributed by atoms with E-state index in [9.17, 15) is 0 Å². The Hall–Kier alpha value is -2.56. The van der Waals surface area contributed by atoms with E-state index in [-0.39, 0.29) is 5.84 Å². The fraction of sp³-hybridized carbons (Fsp3) is 0.250. The summed E-state index contributed by atoms with van der Waals surface area (Å²) in [6, 6.07) is 11.6. The fourth-order valence-electron chi connectivity index (χ4n) is 2.01. The molecule has 0 aliphatic heterocycles. The first-order valence-electron chi connectivity index (χ1n) is 6.76. The van der Waals surface area contributed by atoms with E-state index in [0.29, 0.717) is 18.2 Å². The van der Waals surface area contributed by atoms with E-state index in [1.54, 1.807) is 12.3 Å². The zero-order valence-corrected chi connectivity index (χ0v) is 12.2. The maximum absolute atomic E-state index is 8.68. The molecule has 0 bridgehead atoms. The third kappa shape index (κ3) is 3.72. The Bertz CT molecular complexity index is 639. The lowest BCUT2D eigenvalue weighted by Gasteiger charge is -2.14. The van der Waals surface area contributed by atoms with Crippen LogP contribution in [-0.4, -0.2) is 16.0 Å². The van der Waals surface area contributed by atoms with Crippen molar-refractivity contribution in [2.75, 3.05) is 0 Å². The summed E-state index contributed by atoms with van der Waals surface area (Å²) in [5.74, 6) is 1.25. The van der Waals surface area contributed by atoms with Crippen LogP contribution in [0.15, 0.2) is 47.8 Å². The second kappa shape index (κ2) is 6.74. The van der Waals surface area contributed by atoms with Crippen molar-refractivity contribution in [3.8, 4) is 5.75 Å². The maximum atomic E-state index is 8.68. The fourth-order valence-corrected chi connectivity index (χ4v) is 2.01. The average Bonchev–Trinajstić information content (AvgIpc) is 2.52. The molecule has 2 aromatic rings. The van der Waals surface area contributed by atoms with Gasteiger partial charge in [0.25, 0.3) is 0 Å². The van der Waals surface area contributed by atoms with Crippen LogP contribution in [0.5, 0.6) is 5.75 Å². The zero-order valence-electron chi connectivity index (χ0n) is 12.2. The topological polar surface area (TPSA) is 80.7 Å². The highest BCUT2D eigenvalue weighted by atomic mass is 16.5. The second-order valence-electron chi connectivity index (χ2n) is 5.02. The number of hydrogen-bond donors (Lipinski definition) is 2. The first-order chi connectivity index (χ1) is 10.1. The van der Waals surface area contributed by atoms with E-state index in [4.69, 9.17) is 15.7 Å². The minimum atomic E-state index is -0.0144. The van der Waals surface area contributed by atoms with Gasteiger partial charge in [0.1, 0.15) is 18.1 Å². The highest BCUT2D eigenvalue weighted by molar-refractivity contribution is 5.95. The van der Waals surface area contributed by atoms with Gasteiger partial charge in [0.15, 0.2) is 5.84 Å². The van der Waals surface area contributed by atoms with Crippen molar-refractivity contribution in [3.63, 3.8) is 0 Å². The van der Waals surface area contributed by atoms with Crippen LogP contribution in [0.3, 0.4) is 0 Å². The number of aromatic nitrogens is 1. The molecule has 3 N–H and O–H groups in total.